The van der Waals surface area contributed by atoms with Gasteiger partial charge in [0.2, 0.25) is 0 Å². The minimum absolute atomic E-state index is 0.0158. The number of nitrogens with zero attached hydrogens (tertiary/aromatic N) is 4. The maximum absolute atomic E-state index is 14.2. The molecule has 3 N–H and O–H groups in total. The van der Waals surface area contributed by atoms with Gasteiger partial charge in [-0.05, 0) is 103 Å². The third-order valence-electron chi connectivity index (χ3n) is 10.8. The standard InChI is InChI=1S/C46H52ClN7O6S/c1-46(2)18-16-34(40(27-46)32-8-10-35(47)11-9-32)30-52-20-22-53(23-21-52)36-12-14-39(43(25-36)60-37-24-33-17-19-48-44(33)50-29-37)45(55)51-61(58,59)38-13-15-41(42(26-38)54(56)57)49-28-31-6-4-3-5-7-31/h8-15,17,19,24-26,29,31,49H,3-7,16,18,20-23,27-28,30H2,1-2H3,(H,48,50)(H,51,55)/i20D2,21D2,22D2,23D2,28D2,30D2. The van der Waals surface area contributed by atoms with E-state index in [2.05, 4.69) is 15.3 Å². The topological polar surface area (TPSA) is 163 Å². The van der Waals surface area contributed by atoms with Crippen LogP contribution in [0, 0.1) is 21.4 Å². The molecule has 0 radical (unpaired) electrons. The van der Waals surface area contributed by atoms with E-state index in [0.717, 1.165) is 49.6 Å². The van der Waals surface area contributed by atoms with Crippen LogP contribution >= 0.6 is 11.6 Å². The Morgan fingerprint density at radius 1 is 1.05 bits per heavy atom. The fourth-order valence-electron chi connectivity index (χ4n) is 7.54. The number of pyridine rings is 1. The number of anilines is 2. The quantitative estimate of drug-likeness (QED) is 0.0767. The van der Waals surface area contributed by atoms with Crippen molar-refractivity contribution in [3.8, 4) is 11.5 Å². The van der Waals surface area contributed by atoms with Crippen molar-refractivity contribution in [2.75, 3.05) is 49.2 Å². The number of benzene rings is 3. The molecule has 3 aliphatic rings. The molecule has 0 atom stereocenters. The van der Waals surface area contributed by atoms with Crippen molar-refractivity contribution in [3.63, 3.8) is 0 Å². The highest BCUT2D eigenvalue weighted by atomic mass is 35.5. The second-order valence-electron chi connectivity index (χ2n) is 15.9. The van der Waals surface area contributed by atoms with Crippen molar-refractivity contribution in [1.82, 2.24) is 19.6 Å². The van der Waals surface area contributed by atoms with Gasteiger partial charge in [-0.15, -0.1) is 0 Å². The summed E-state index contributed by atoms with van der Waals surface area (Å²) in [6.07, 6.45) is 6.98. The van der Waals surface area contributed by atoms with E-state index >= 15 is 0 Å². The molecule has 5 aromatic rings. The molecule has 1 amide bonds. The van der Waals surface area contributed by atoms with E-state index in [1.165, 1.54) is 12.3 Å². The Morgan fingerprint density at radius 3 is 2.57 bits per heavy atom. The number of nitro groups is 1. The Hall–Kier alpha value is -5.44. The van der Waals surface area contributed by atoms with Crippen LogP contribution in [0.15, 0.2) is 95.7 Å². The van der Waals surface area contributed by atoms with Gasteiger partial charge in [0, 0.05) is 84.4 Å². The number of allylic oxidation sites excluding steroid dienone is 1. The molecular formula is C46H52ClN7O6S. The maximum Gasteiger partial charge on any atom is 0.293 e. The monoisotopic (exact) mass is 877 g/mol. The third-order valence-corrected chi connectivity index (χ3v) is 12.4. The molecular weight excluding hydrogens is 814 g/mol. The van der Waals surface area contributed by atoms with Gasteiger partial charge in [-0.3, -0.25) is 19.8 Å². The Balaban J connectivity index is 1.18. The average Bonchev–Trinajstić information content (AvgIpc) is 3.76. The Bertz CT molecular complexity index is 3110. The number of aromatic amines is 1. The Morgan fingerprint density at radius 2 is 1.82 bits per heavy atom. The van der Waals surface area contributed by atoms with Crippen molar-refractivity contribution in [3.05, 3.63) is 117 Å². The van der Waals surface area contributed by atoms with E-state index in [1.807, 2.05) is 18.6 Å². The number of fused-ring (bicyclic) bond motifs is 1. The fourth-order valence-corrected chi connectivity index (χ4v) is 8.65. The van der Waals surface area contributed by atoms with Crippen molar-refractivity contribution in [1.29, 1.82) is 0 Å². The molecule has 13 nitrogen and oxygen atoms in total. The van der Waals surface area contributed by atoms with Crippen molar-refractivity contribution < 1.29 is 39.3 Å². The Labute approximate surface area is 378 Å². The van der Waals surface area contributed by atoms with Crippen LogP contribution in [0.3, 0.4) is 0 Å². The lowest BCUT2D eigenvalue weighted by molar-refractivity contribution is -0.384. The van der Waals surface area contributed by atoms with Gasteiger partial charge in [0.25, 0.3) is 21.6 Å². The third kappa shape index (κ3) is 10.0. The molecule has 320 valence electrons. The predicted molar refractivity (Wildman–Crippen MR) is 240 cm³/mol. The van der Waals surface area contributed by atoms with Gasteiger partial charge in [0.15, 0.2) is 0 Å². The van der Waals surface area contributed by atoms with E-state index in [1.54, 1.807) is 36.5 Å². The molecule has 2 aliphatic carbocycles. The highest BCUT2D eigenvalue weighted by Gasteiger charge is 2.30. The molecule has 1 saturated heterocycles. The number of hydrogen-bond donors (Lipinski definition) is 3. The minimum atomic E-state index is -4.99. The number of rotatable bonds is 13. The number of aromatic nitrogens is 2. The minimum Gasteiger partial charge on any atom is -0.455 e. The van der Waals surface area contributed by atoms with Gasteiger partial charge in [-0.25, -0.2) is 18.1 Å². The van der Waals surface area contributed by atoms with Crippen LogP contribution in [-0.4, -0.2) is 73.1 Å². The number of sulfonamides is 1. The lowest BCUT2D eigenvalue weighted by Gasteiger charge is -2.39. The first-order valence-corrected chi connectivity index (χ1v) is 21.7. The van der Waals surface area contributed by atoms with Crippen LogP contribution in [0.5, 0.6) is 11.5 Å². The van der Waals surface area contributed by atoms with Crippen LogP contribution in [0.25, 0.3) is 16.6 Å². The summed E-state index contributed by atoms with van der Waals surface area (Å²) in [5.74, 6) is -2.55. The van der Waals surface area contributed by atoms with Gasteiger partial charge >= 0.3 is 0 Å². The summed E-state index contributed by atoms with van der Waals surface area (Å²) < 4.78 is 147. The number of carbonyl (C=O) groups excluding carboxylic acids is 1. The first-order chi connectivity index (χ1) is 33.8. The van der Waals surface area contributed by atoms with E-state index < -0.39 is 93.3 Å². The van der Waals surface area contributed by atoms with Crippen molar-refractivity contribution >= 4 is 61.2 Å². The summed E-state index contributed by atoms with van der Waals surface area (Å²) in [6, 6.07) is 14.8. The summed E-state index contributed by atoms with van der Waals surface area (Å²) >= 11 is 6.18. The highest BCUT2D eigenvalue weighted by Crippen LogP contribution is 2.43. The normalized spacial score (nSPS) is 24.3. The van der Waals surface area contributed by atoms with E-state index in [0.29, 0.717) is 52.5 Å². The lowest BCUT2D eigenvalue weighted by atomic mass is 9.72. The van der Waals surface area contributed by atoms with E-state index in [9.17, 15) is 37.0 Å². The maximum atomic E-state index is 14.2. The molecule has 15 heteroatoms. The molecule has 61 heavy (non-hydrogen) atoms. The highest BCUT2D eigenvalue weighted by molar-refractivity contribution is 7.90. The predicted octanol–water partition coefficient (Wildman–Crippen LogP) is 9.81. The number of nitro benzene ring substituents is 1. The number of amides is 1. The lowest BCUT2D eigenvalue weighted by Crippen LogP contribution is -2.47. The molecule has 3 aromatic carbocycles. The van der Waals surface area contributed by atoms with Gasteiger partial charge in [0.1, 0.15) is 22.8 Å². The number of nitrogens with one attached hydrogen (secondary N) is 3. The van der Waals surface area contributed by atoms with Crippen LogP contribution in [0.2, 0.25) is 5.02 Å². The molecule has 2 aromatic heterocycles. The molecule has 1 aliphatic heterocycles. The van der Waals surface area contributed by atoms with Gasteiger partial charge in [-0.1, -0.05) is 62.4 Å². The largest absolute Gasteiger partial charge is 0.455 e. The van der Waals surface area contributed by atoms with Crippen LogP contribution in [-0.2, 0) is 10.0 Å². The zero-order chi connectivity index (χ0) is 53.5. The smallest absolute Gasteiger partial charge is 0.293 e. The zero-order valence-corrected chi connectivity index (χ0v) is 34.9. The molecule has 2 fully saturated rings. The summed E-state index contributed by atoms with van der Waals surface area (Å²) in [7, 11) is -4.99. The van der Waals surface area contributed by atoms with Crippen LogP contribution in [0.4, 0.5) is 17.1 Å². The molecule has 1 saturated carbocycles. The number of ether oxygens (including phenoxy) is 1. The van der Waals surface area contributed by atoms with Crippen LogP contribution < -0.4 is 19.7 Å². The summed E-state index contributed by atoms with van der Waals surface area (Å²) in [6.45, 7) is -16.0. The van der Waals surface area contributed by atoms with E-state index in [4.69, 9.17) is 19.1 Å². The van der Waals surface area contributed by atoms with Gasteiger partial charge < -0.3 is 19.9 Å². The first kappa shape index (κ1) is 29.8. The average molecular weight is 879 g/mol. The van der Waals surface area contributed by atoms with Crippen LogP contribution in [0.1, 0.15) is 97.6 Å². The zero-order valence-electron chi connectivity index (χ0n) is 45.3. The number of carbonyl (C=O) groups is 1. The molecule has 3 heterocycles. The fraction of sp³-hybridized carbons (Fsp3) is 0.391. The van der Waals surface area contributed by atoms with E-state index in [-0.39, 0.29) is 45.1 Å². The molecule has 0 spiro atoms. The number of H-pyrrole nitrogens is 1. The van der Waals surface area contributed by atoms with Crippen molar-refractivity contribution in [2.45, 2.75) is 70.1 Å². The number of hydrogen-bond acceptors (Lipinski definition) is 10. The molecule has 0 unspecified atom stereocenters. The van der Waals surface area contributed by atoms with Gasteiger partial charge in [-0.2, -0.15) is 0 Å². The summed E-state index contributed by atoms with van der Waals surface area (Å²) in [5, 5.41) is 15.7. The Kier molecular flexibility index (Phi) is 8.72. The van der Waals surface area contributed by atoms with Crippen molar-refractivity contribution in [2.24, 2.45) is 11.3 Å². The number of halogens is 1. The van der Waals surface area contributed by atoms with Gasteiger partial charge in [0.05, 0.1) is 27.1 Å². The second kappa shape index (κ2) is 17.9. The molecule has 0 bridgehead atoms. The second-order valence-corrected chi connectivity index (χ2v) is 18.0. The first-order valence-electron chi connectivity index (χ1n) is 25.8. The molecule has 8 rings (SSSR count). The number of piperazine rings is 1. The summed E-state index contributed by atoms with van der Waals surface area (Å²) in [4.78, 5) is 32.0. The summed E-state index contributed by atoms with van der Waals surface area (Å²) in [5.41, 5.74) is -1.44. The SMILES string of the molecule is [2H]C([2H])(Nc1ccc(S(=O)(=O)NC(=O)c2ccc(N3C([2H])([2H])C([2H])([2H])N(C([2H])([2H])C4=C(c5ccc(Cl)cc5)CC(C)(C)CC4)C([2H])([2H])C3([2H])[2H])cc2Oc2cnc3[nH]ccc3c2)cc1[N+](=O)[O-])C1CCCCC1.